The lowest BCUT2D eigenvalue weighted by molar-refractivity contribution is 0.0476. The van der Waals surface area contributed by atoms with E-state index in [9.17, 15) is 9.59 Å². The van der Waals surface area contributed by atoms with Gasteiger partial charge in [0.1, 0.15) is 0 Å². The largest absolute Gasteiger partial charge is 0.462 e. The smallest absolute Gasteiger partial charge is 0.338 e. The molecule has 4 aliphatic rings. The summed E-state index contributed by atoms with van der Waals surface area (Å²) in [6.07, 6.45) is 14.7. The van der Waals surface area contributed by atoms with Crippen molar-refractivity contribution in [1.82, 2.24) is 9.80 Å². The van der Waals surface area contributed by atoms with Crippen LogP contribution in [0.1, 0.15) is 97.8 Å². The Morgan fingerprint density at radius 3 is 1.47 bits per heavy atom. The second-order valence-electron chi connectivity index (χ2n) is 11.8. The molecule has 2 saturated carbocycles. The average Bonchev–Trinajstić information content (AvgIpc) is 3.65. The fraction of sp³-hybridized carbons (Fsp3) is 0.733. The lowest BCUT2D eigenvalue weighted by Crippen LogP contribution is -2.32. The summed E-state index contributed by atoms with van der Waals surface area (Å²) in [7, 11) is 4.52. The summed E-state index contributed by atoms with van der Waals surface area (Å²) in [6, 6.07) is 9.46. The molecule has 4 fully saturated rings. The van der Waals surface area contributed by atoms with E-state index >= 15 is 0 Å². The molecule has 6 nitrogen and oxygen atoms in total. The minimum absolute atomic E-state index is 0. The van der Waals surface area contributed by atoms with Gasteiger partial charge in [0.25, 0.3) is 0 Å². The Hall–Kier alpha value is -1.34. The number of nitrogens with zero attached hydrogens (tertiary/aromatic N) is 2. The predicted molar refractivity (Wildman–Crippen MR) is 155 cm³/mol. The molecule has 2 aliphatic carbocycles. The highest BCUT2D eigenvalue weighted by atomic mass is 35.5. The van der Waals surface area contributed by atoms with Crippen LogP contribution < -0.4 is 0 Å². The van der Waals surface area contributed by atoms with Crippen molar-refractivity contribution >= 4 is 36.8 Å². The predicted octanol–water partition coefficient (Wildman–Crippen LogP) is 6.15. The molecule has 0 bridgehead atoms. The molecule has 0 aromatic heterocycles. The molecule has 1 aromatic carbocycles. The van der Waals surface area contributed by atoms with Crippen molar-refractivity contribution in [3.05, 3.63) is 35.4 Å². The molecule has 0 amide bonds. The maximum absolute atomic E-state index is 12.4. The third-order valence-corrected chi connectivity index (χ3v) is 9.77. The van der Waals surface area contributed by atoms with Gasteiger partial charge in [0.2, 0.25) is 0 Å². The van der Waals surface area contributed by atoms with Crippen molar-refractivity contribution in [3.8, 4) is 0 Å². The van der Waals surface area contributed by atoms with Crippen LogP contribution in [0.3, 0.4) is 0 Å². The van der Waals surface area contributed by atoms with Crippen molar-refractivity contribution < 1.29 is 19.1 Å². The maximum atomic E-state index is 12.4. The van der Waals surface area contributed by atoms with Crippen LogP contribution in [0.4, 0.5) is 0 Å². The van der Waals surface area contributed by atoms with Crippen molar-refractivity contribution in [2.75, 3.05) is 27.3 Å². The van der Waals surface area contributed by atoms with Gasteiger partial charge in [0.05, 0.1) is 24.3 Å². The summed E-state index contributed by atoms with van der Waals surface area (Å²) in [6.45, 7) is 0.889. The second kappa shape index (κ2) is 14.3. The fourth-order valence-corrected chi connectivity index (χ4v) is 7.75. The number of carbonyl (C=O) groups excluding carboxylic acids is 2. The first-order valence-electron chi connectivity index (χ1n) is 14.4. The molecule has 0 N–H and O–H groups in total. The Labute approximate surface area is 241 Å². The molecule has 0 spiro atoms. The third-order valence-electron chi connectivity index (χ3n) is 9.77. The number of esters is 2. The van der Waals surface area contributed by atoms with Gasteiger partial charge in [-0.05, 0) is 114 Å². The van der Waals surface area contributed by atoms with Gasteiger partial charge in [0, 0.05) is 24.2 Å². The van der Waals surface area contributed by atoms with E-state index < -0.39 is 0 Å². The third kappa shape index (κ3) is 7.04. The number of rotatable bonds is 10. The van der Waals surface area contributed by atoms with E-state index in [0.29, 0.717) is 36.4 Å². The van der Waals surface area contributed by atoms with Crippen LogP contribution in [0.5, 0.6) is 0 Å². The Bertz CT molecular complexity index is 841. The summed E-state index contributed by atoms with van der Waals surface area (Å²) in [5.41, 5.74) is 0.961. The first-order chi connectivity index (χ1) is 17.5. The fourth-order valence-electron chi connectivity index (χ4n) is 7.75. The zero-order valence-electron chi connectivity index (χ0n) is 23.0. The number of hydrogen-bond acceptors (Lipinski definition) is 6. The molecular weight excluding hydrogens is 523 g/mol. The zero-order valence-corrected chi connectivity index (χ0v) is 24.6. The number of likely N-dealkylation sites (tertiary alicyclic amines) is 2. The van der Waals surface area contributed by atoms with Crippen molar-refractivity contribution in [1.29, 1.82) is 0 Å². The molecule has 38 heavy (non-hydrogen) atoms. The molecule has 2 heterocycles. The summed E-state index contributed by atoms with van der Waals surface area (Å²) < 4.78 is 11.0. The molecule has 214 valence electrons. The van der Waals surface area contributed by atoms with Gasteiger partial charge < -0.3 is 19.3 Å². The van der Waals surface area contributed by atoms with E-state index in [1.165, 1.54) is 51.4 Å². The van der Waals surface area contributed by atoms with Gasteiger partial charge in [-0.25, -0.2) is 9.59 Å². The Balaban J connectivity index is 0.00000200. The van der Waals surface area contributed by atoms with Crippen LogP contribution in [-0.2, 0) is 9.47 Å². The highest BCUT2D eigenvalue weighted by Gasteiger charge is 2.41. The van der Waals surface area contributed by atoms with Gasteiger partial charge >= 0.3 is 11.9 Å². The number of halogens is 2. The zero-order chi connectivity index (χ0) is 25.1. The highest BCUT2D eigenvalue weighted by molar-refractivity contribution is 5.93. The van der Waals surface area contributed by atoms with Gasteiger partial charge in [-0.1, -0.05) is 12.8 Å². The van der Waals surface area contributed by atoms with E-state index in [1.807, 2.05) is 0 Å². The summed E-state index contributed by atoms with van der Waals surface area (Å²) in [5.74, 6) is 1.11. The molecule has 3 unspecified atom stereocenters. The van der Waals surface area contributed by atoms with Crippen molar-refractivity contribution in [3.63, 3.8) is 0 Å². The molecule has 0 radical (unpaired) electrons. The lowest BCUT2D eigenvalue weighted by atomic mass is 10.00. The number of carbonyl (C=O) groups is 2. The lowest BCUT2D eigenvalue weighted by Gasteiger charge is -2.24. The SMILES string of the molecule is CN1C(CCCOC(=O)c2ccc(C(=O)OCCC[C@@H]3C[C@@H]4CCC[C@@H]4N3C)cc2)CC2CCCC21.Cl.Cl. The number of fused-ring (bicyclic) bond motifs is 2. The topological polar surface area (TPSA) is 59.1 Å². The molecule has 2 saturated heterocycles. The molecule has 8 heteroatoms. The second-order valence-corrected chi connectivity index (χ2v) is 11.8. The maximum Gasteiger partial charge on any atom is 0.338 e. The van der Waals surface area contributed by atoms with Crippen LogP contribution >= 0.6 is 24.8 Å². The van der Waals surface area contributed by atoms with Crippen LogP contribution in [0.2, 0.25) is 0 Å². The summed E-state index contributed by atoms with van der Waals surface area (Å²) in [5, 5.41) is 0. The summed E-state index contributed by atoms with van der Waals surface area (Å²) in [4.78, 5) is 30.0. The van der Waals surface area contributed by atoms with Gasteiger partial charge in [-0.2, -0.15) is 0 Å². The van der Waals surface area contributed by atoms with Crippen LogP contribution in [0, 0.1) is 11.8 Å². The van der Waals surface area contributed by atoms with Gasteiger partial charge in [0.15, 0.2) is 0 Å². The van der Waals surface area contributed by atoms with Crippen LogP contribution in [0.25, 0.3) is 0 Å². The molecular formula is C30H46Cl2N2O4. The van der Waals surface area contributed by atoms with Crippen LogP contribution in [0.15, 0.2) is 24.3 Å². The Morgan fingerprint density at radius 2 is 1.11 bits per heavy atom. The molecule has 2 aliphatic heterocycles. The van der Waals surface area contributed by atoms with E-state index in [0.717, 1.165) is 49.6 Å². The van der Waals surface area contributed by atoms with E-state index in [-0.39, 0.29) is 36.8 Å². The van der Waals surface area contributed by atoms with Crippen LogP contribution in [-0.4, -0.2) is 73.2 Å². The van der Waals surface area contributed by atoms with Crippen molar-refractivity contribution in [2.45, 2.75) is 101 Å². The van der Waals surface area contributed by atoms with E-state index in [2.05, 4.69) is 23.9 Å². The number of benzene rings is 1. The Kier molecular flexibility index (Phi) is 11.8. The monoisotopic (exact) mass is 568 g/mol. The normalized spacial score (nSPS) is 30.3. The summed E-state index contributed by atoms with van der Waals surface area (Å²) >= 11 is 0. The first kappa shape index (κ1) is 31.2. The first-order valence-corrected chi connectivity index (χ1v) is 14.4. The Morgan fingerprint density at radius 1 is 0.711 bits per heavy atom. The average molecular weight is 570 g/mol. The molecule has 5 rings (SSSR count). The quantitative estimate of drug-likeness (QED) is 0.249. The molecule has 1 aromatic rings. The van der Waals surface area contributed by atoms with Gasteiger partial charge in [-0.3, -0.25) is 0 Å². The number of hydrogen-bond donors (Lipinski definition) is 0. The van der Waals surface area contributed by atoms with Crippen molar-refractivity contribution in [2.24, 2.45) is 11.8 Å². The molecule has 6 atom stereocenters. The highest BCUT2D eigenvalue weighted by Crippen LogP contribution is 2.42. The standard InChI is InChI=1S/C30H44N2O4.2ClH/c1-31-25(19-23-7-3-11-27(23)31)9-5-17-35-29(33)21-13-15-22(16-14-21)30(34)36-18-6-10-26-20-24-8-4-12-28(24)32(26)2;;/h13-16,23-28H,3-12,17-20H2,1-2H3;2*1H/t23-,24?,25+,26?,27-,28?;;/m0../s1. The van der Waals surface area contributed by atoms with Gasteiger partial charge in [-0.15, -0.1) is 24.8 Å². The minimum atomic E-state index is -0.322. The minimum Gasteiger partial charge on any atom is -0.462 e. The van der Waals surface area contributed by atoms with E-state index in [1.54, 1.807) is 24.3 Å². The van der Waals surface area contributed by atoms with E-state index in [4.69, 9.17) is 9.47 Å². The number of ether oxygens (including phenoxy) is 2.